The summed E-state index contributed by atoms with van der Waals surface area (Å²) < 4.78 is 7.84. The van der Waals surface area contributed by atoms with E-state index in [1.807, 2.05) is 35.2 Å². The number of rotatable bonds is 9. The first-order valence-electron chi connectivity index (χ1n) is 11.1. The molecule has 2 aromatic carbocycles. The summed E-state index contributed by atoms with van der Waals surface area (Å²) in [7, 11) is 1.65. The molecular weight excluding hydrogens is 374 g/mol. The lowest BCUT2D eigenvalue weighted by molar-refractivity contribution is -0.117. The number of amides is 1. The Labute approximate surface area is 178 Å². The topological polar surface area (TPSA) is 47.4 Å². The van der Waals surface area contributed by atoms with Gasteiger partial charge in [-0.1, -0.05) is 56.9 Å². The molecule has 0 aliphatic carbocycles. The van der Waals surface area contributed by atoms with Crippen LogP contribution in [0.15, 0.2) is 48.5 Å². The maximum absolute atomic E-state index is 12.9. The average Bonchev–Trinajstić information content (AvgIpc) is 3.34. The molecule has 30 heavy (non-hydrogen) atoms. The van der Waals surface area contributed by atoms with Crippen molar-refractivity contribution in [2.24, 2.45) is 0 Å². The third-order valence-corrected chi connectivity index (χ3v) is 6.04. The molecule has 0 bridgehead atoms. The summed E-state index contributed by atoms with van der Waals surface area (Å²) in [5.74, 6) is 1.99. The third-order valence-electron chi connectivity index (χ3n) is 6.04. The summed E-state index contributed by atoms with van der Waals surface area (Å²) in [6, 6.07) is 16.1. The number of hydrogen-bond donors (Lipinski definition) is 0. The second kappa shape index (κ2) is 9.33. The molecule has 0 unspecified atom stereocenters. The minimum absolute atomic E-state index is 0.0884. The lowest BCUT2D eigenvalue weighted by atomic mass is 10.1. The van der Waals surface area contributed by atoms with E-state index < -0.39 is 0 Å². The molecule has 5 nitrogen and oxygen atoms in total. The largest absolute Gasteiger partial charge is 0.495 e. The highest BCUT2D eigenvalue weighted by Gasteiger charge is 2.35. The molecule has 4 rings (SSSR count). The SMILES string of the molecule is CCCCCCCn1c([C@H]2CC(=O)N(c3ccccc3OC)C2)nc2ccccc21. The number of hydrogen-bond acceptors (Lipinski definition) is 3. The van der Waals surface area contributed by atoms with Gasteiger partial charge in [-0.3, -0.25) is 4.79 Å². The van der Waals surface area contributed by atoms with Crippen molar-refractivity contribution in [3.8, 4) is 5.75 Å². The third kappa shape index (κ3) is 4.07. The highest BCUT2D eigenvalue weighted by Crippen LogP contribution is 2.37. The lowest BCUT2D eigenvalue weighted by Crippen LogP contribution is -2.25. The number of carbonyl (C=O) groups excluding carboxylic acids is 1. The Hall–Kier alpha value is -2.82. The Morgan fingerprint density at radius 2 is 1.80 bits per heavy atom. The van der Waals surface area contributed by atoms with Gasteiger partial charge in [-0.05, 0) is 30.7 Å². The summed E-state index contributed by atoms with van der Waals surface area (Å²) in [6.45, 7) is 3.84. The number of carbonyl (C=O) groups is 1. The molecule has 1 atom stereocenters. The molecule has 5 heteroatoms. The summed E-state index contributed by atoms with van der Waals surface area (Å²) >= 11 is 0. The van der Waals surface area contributed by atoms with Crippen LogP contribution < -0.4 is 9.64 Å². The first-order chi connectivity index (χ1) is 14.7. The van der Waals surface area contributed by atoms with E-state index in [2.05, 4.69) is 29.7 Å². The van der Waals surface area contributed by atoms with Gasteiger partial charge in [0.1, 0.15) is 11.6 Å². The van der Waals surface area contributed by atoms with Gasteiger partial charge in [0, 0.05) is 25.4 Å². The van der Waals surface area contributed by atoms with E-state index in [0.29, 0.717) is 13.0 Å². The van der Waals surface area contributed by atoms with Crippen molar-refractivity contribution in [3.05, 3.63) is 54.4 Å². The van der Waals surface area contributed by atoms with E-state index in [1.54, 1.807) is 7.11 Å². The second-order valence-electron chi connectivity index (χ2n) is 8.10. The van der Waals surface area contributed by atoms with Crippen molar-refractivity contribution in [2.45, 2.75) is 57.9 Å². The van der Waals surface area contributed by atoms with Gasteiger partial charge in [0.05, 0.1) is 23.8 Å². The molecular formula is C25H31N3O2. The molecule has 3 aromatic rings. The number of fused-ring (bicyclic) bond motifs is 1. The Balaban J connectivity index is 1.59. The van der Waals surface area contributed by atoms with Crippen molar-refractivity contribution < 1.29 is 9.53 Å². The van der Waals surface area contributed by atoms with E-state index in [1.165, 1.54) is 31.2 Å². The van der Waals surface area contributed by atoms with E-state index in [4.69, 9.17) is 9.72 Å². The summed E-state index contributed by atoms with van der Waals surface area (Å²) in [5.41, 5.74) is 3.03. The number of imidazole rings is 1. The maximum atomic E-state index is 12.9. The molecule has 158 valence electrons. The van der Waals surface area contributed by atoms with Gasteiger partial charge in [0.2, 0.25) is 5.91 Å². The monoisotopic (exact) mass is 405 g/mol. The van der Waals surface area contributed by atoms with Crippen LogP contribution in [0.5, 0.6) is 5.75 Å². The number of anilines is 1. The van der Waals surface area contributed by atoms with Crippen molar-refractivity contribution in [1.29, 1.82) is 0 Å². The Kier molecular flexibility index (Phi) is 6.36. The molecule has 0 radical (unpaired) electrons. The van der Waals surface area contributed by atoms with Gasteiger partial charge >= 0.3 is 0 Å². The number of aromatic nitrogens is 2. The molecule has 2 heterocycles. The molecule has 0 spiro atoms. The van der Waals surface area contributed by atoms with Crippen LogP contribution in [0.25, 0.3) is 11.0 Å². The summed E-state index contributed by atoms with van der Waals surface area (Å²) in [4.78, 5) is 19.7. The van der Waals surface area contributed by atoms with Crippen LogP contribution in [0.3, 0.4) is 0 Å². The molecule has 1 amide bonds. The molecule has 1 aliphatic rings. The zero-order valence-corrected chi connectivity index (χ0v) is 18.0. The van der Waals surface area contributed by atoms with Crippen molar-refractivity contribution >= 4 is 22.6 Å². The number of para-hydroxylation sites is 4. The molecule has 1 aliphatic heterocycles. The number of aryl methyl sites for hydroxylation is 1. The van der Waals surface area contributed by atoms with E-state index in [0.717, 1.165) is 35.7 Å². The average molecular weight is 406 g/mol. The molecule has 1 fully saturated rings. The quantitative estimate of drug-likeness (QED) is 0.439. The fourth-order valence-corrected chi connectivity index (χ4v) is 4.48. The number of nitrogens with zero attached hydrogens (tertiary/aromatic N) is 3. The predicted molar refractivity (Wildman–Crippen MR) is 121 cm³/mol. The van der Waals surface area contributed by atoms with Gasteiger partial charge in [0.15, 0.2) is 0 Å². The predicted octanol–water partition coefficient (Wildman–Crippen LogP) is 5.54. The molecule has 1 aromatic heterocycles. The fourth-order valence-electron chi connectivity index (χ4n) is 4.48. The van der Waals surface area contributed by atoms with Gasteiger partial charge in [-0.25, -0.2) is 4.98 Å². The number of ether oxygens (including phenoxy) is 1. The fraction of sp³-hybridized carbons (Fsp3) is 0.440. The standard InChI is InChI=1S/C25H31N3O2/c1-3-4-5-6-11-16-27-21-13-8-7-12-20(21)26-25(27)19-17-24(29)28(18-19)22-14-9-10-15-23(22)30-2/h7-10,12-15,19H,3-6,11,16-18H2,1-2H3/t19-/m0/s1. The molecule has 1 saturated heterocycles. The van der Waals surface area contributed by atoms with Crippen LogP contribution >= 0.6 is 0 Å². The van der Waals surface area contributed by atoms with Crippen molar-refractivity contribution in [2.75, 3.05) is 18.6 Å². The molecule has 0 saturated carbocycles. The Morgan fingerprint density at radius 3 is 2.63 bits per heavy atom. The van der Waals surface area contributed by atoms with Crippen molar-refractivity contribution in [1.82, 2.24) is 9.55 Å². The highest BCUT2D eigenvalue weighted by molar-refractivity contribution is 5.97. The van der Waals surface area contributed by atoms with Gasteiger partial charge < -0.3 is 14.2 Å². The summed E-state index contributed by atoms with van der Waals surface area (Å²) in [5, 5.41) is 0. The van der Waals surface area contributed by atoms with Crippen LogP contribution in [0.4, 0.5) is 5.69 Å². The van der Waals surface area contributed by atoms with E-state index >= 15 is 0 Å². The minimum Gasteiger partial charge on any atom is -0.495 e. The summed E-state index contributed by atoms with van der Waals surface area (Å²) in [6.07, 6.45) is 6.69. The van der Waals surface area contributed by atoms with Gasteiger partial charge in [-0.15, -0.1) is 0 Å². The minimum atomic E-state index is 0.0884. The maximum Gasteiger partial charge on any atom is 0.227 e. The highest BCUT2D eigenvalue weighted by atomic mass is 16.5. The van der Waals surface area contributed by atoms with Crippen LogP contribution in [0.2, 0.25) is 0 Å². The zero-order valence-electron chi connectivity index (χ0n) is 18.0. The van der Waals surface area contributed by atoms with Gasteiger partial charge in [0.25, 0.3) is 0 Å². The molecule has 0 N–H and O–H groups in total. The number of unbranched alkanes of at least 4 members (excludes halogenated alkanes) is 4. The van der Waals surface area contributed by atoms with E-state index in [-0.39, 0.29) is 11.8 Å². The first-order valence-corrected chi connectivity index (χ1v) is 11.1. The smallest absolute Gasteiger partial charge is 0.227 e. The second-order valence-corrected chi connectivity index (χ2v) is 8.10. The zero-order chi connectivity index (χ0) is 20.9. The van der Waals surface area contributed by atoms with Crippen molar-refractivity contribution in [3.63, 3.8) is 0 Å². The Bertz CT molecular complexity index is 1010. The van der Waals surface area contributed by atoms with Crippen LogP contribution in [-0.4, -0.2) is 29.1 Å². The Morgan fingerprint density at radius 1 is 1.03 bits per heavy atom. The lowest BCUT2D eigenvalue weighted by Gasteiger charge is -2.19. The van der Waals surface area contributed by atoms with Crippen LogP contribution in [-0.2, 0) is 11.3 Å². The van der Waals surface area contributed by atoms with Crippen LogP contribution in [0, 0.1) is 0 Å². The van der Waals surface area contributed by atoms with Crippen LogP contribution in [0.1, 0.15) is 57.2 Å². The van der Waals surface area contributed by atoms with Gasteiger partial charge in [-0.2, -0.15) is 0 Å². The normalized spacial score (nSPS) is 16.5. The van der Waals surface area contributed by atoms with E-state index in [9.17, 15) is 4.79 Å². The number of methoxy groups -OCH3 is 1. The number of benzene rings is 2. The first kappa shape index (κ1) is 20.5.